The maximum absolute atomic E-state index is 12.3. The summed E-state index contributed by atoms with van der Waals surface area (Å²) in [6, 6.07) is 16.8. The SMILES string of the molecule is Cc1cccc(C(=O)Nc2nnc(S(=O)(=O)NCCSc3ccccc3)s2)c1. The Labute approximate surface area is 171 Å². The summed E-state index contributed by atoms with van der Waals surface area (Å²) in [7, 11) is -3.77. The summed E-state index contributed by atoms with van der Waals surface area (Å²) in [6.45, 7) is 2.14. The van der Waals surface area contributed by atoms with E-state index in [1.54, 1.807) is 30.0 Å². The van der Waals surface area contributed by atoms with E-state index in [1.807, 2.05) is 43.3 Å². The van der Waals surface area contributed by atoms with Crippen molar-refractivity contribution in [2.24, 2.45) is 0 Å². The molecule has 146 valence electrons. The van der Waals surface area contributed by atoms with E-state index in [-0.39, 0.29) is 21.9 Å². The molecule has 3 aromatic rings. The molecule has 0 aliphatic rings. The molecule has 1 aromatic heterocycles. The molecule has 0 atom stereocenters. The number of amides is 1. The van der Waals surface area contributed by atoms with Crippen molar-refractivity contribution >= 4 is 44.2 Å². The molecule has 2 aromatic carbocycles. The van der Waals surface area contributed by atoms with Gasteiger partial charge in [-0.25, -0.2) is 13.1 Å². The fraction of sp³-hybridized carbons (Fsp3) is 0.167. The monoisotopic (exact) mass is 434 g/mol. The molecule has 7 nitrogen and oxygen atoms in total. The van der Waals surface area contributed by atoms with Crippen LogP contribution < -0.4 is 10.0 Å². The fourth-order valence-electron chi connectivity index (χ4n) is 2.25. The van der Waals surface area contributed by atoms with Gasteiger partial charge in [0.15, 0.2) is 0 Å². The minimum absolute atomic E-state index is 0.130. The smallest absolute Gasteiger partial charge is 0.269 e. The quantitative estimate of drug-likeness (QED) is 0.321. The molecular weight excluding hydrogens is 416 g/mol. The first-order valence-corrected chi connectivity index (χ1v) is 11.6. The summed E-state index contributed by atoms with van der Waals surface area (Å²) in [5.41, 5.74) is 1.42. The highest BCUT2D eigenvalue weighted by Gasteiger charge is 2.20. The van der Waals surface area contributed by atoms with Crippen molar-refractivity contribution in [2.75, 3.05) is 17.6 Å². The lowest BCUT2D eigenvalue weighted by molar-refractivity contribution is 0.102. The second kappa shape index (κ2) is 9.28. The molecule has 0 radical (unpaired) electrons. The number of hydrogen-bond acceptors (Lipinski definition) is 7. The maximum Gasteiger partial charge on any atom is 0.269 e. The number of carbonyl (C=O) groups excluding carboxylic acids is 1. The third-order valence-electron chi connectivity index (χ3n) is 3.54. The first-order chi connectivity index (χ1) is 13.4. The number of aromatic nitrogens is 2. The maximum atomic E-state index is 12.3. The number of thioether (sulfide) groups is 1. The minimum atomic E-state index is -3.77. The average molecular weight is 435 g/mol. The fourth-order valence-corrected chi connectivity index (χ4v) is 5.13. The molecule has 1 heterocycles. The average Bonchev–Trinajstić information content (AvgIpc) is 3.16. The van der Waals surface area contributed by atoms with E-state index in [2.05, 4.69) is 20.2 Å². The van der Waals surface area contributed by atoms with Crippen LogP contribution in [-0.4, -0.2) is 36.8 Å². The molecule has 0 spiro atoms. The van der Waals surface area contributed by atoms with Crippen LogP contribution in [0.2, 0.25) is 0 Å². The largest absolute Gasteiger partial charge is 0.296 e. The zero-order chi connectivity index (χ0) is 20.0. The first kappa shape index (κ1) is 20.5. The number of sulfonamides is 1. The Bertz CT molecular complexity index is 1050. The minimum Gasteiger partial charge on any atom is -0.296 e. The predicted molar refractivity (Wildman–Crippen MR) is 111 cm³/mol. The van der Waals surface area contributed by atoms with Crippen LogP contribution in [0.1, 0.15) is 15.9 Å². The van der Waals surface area contributed by atoms with E-state index in [0.717, 1.165) is 21.8 Å². The third kappa shape index (κ3) is 5.61. The van der Waals surface area contributed by atoms with Crippen LogP contribution in [0.3, 0.4) is 0 Å². The number of hydrogen-bond donors (Lipinski definition) is 2. The summed E-state index contributed by atoms with van der Waals surface area (Å²) in [6.07, 6.45) is 0. The van der Waals surface area contributed by atoms with Crippen LogP contribution >= 0.6 is 23.1 Å². The van der Waals surface area contributed by atoms with Gasteiger partial charge in [-0.1, -0.05) is 47.2 Å². The number of nitrogens with zero attached hydrogens (tertiary/aromatic N) is 2. The van der Waals surface area contributed by atoms with Gasteiger partial charge in [0, 0.05) is 22.8 Å². The molecule has 0 unspecified atom stereocenters. The molecule has 0 aliphatic heterocycles. The Morgan fingerprint density at radius 2 is 1.89 bits per heavy atom. The number of carbonyl (C=O) groups is 1. The van der Waals surface area contributed by atoms with Crippen molar-refractivity contribution in [3.8, 4) is 0 Å². The Hall–Kier alpha value is -2.27. The van der Waals surface area contributed by atoms with Crippen LogP contribution in [-0.2, 0) is 10.0 Å². The van der Waals surface area contributed by atoms with Gasteiger partial charge < -0.3 is 0 Å². The first-order valence-electron chi connectivity index (χ1n) is 8.33. The number of benzene rings is 2. The molecule has 2 N–H and O–H groups in total. The summed E-state index contributed by atoms with van der Waals surface area (Å²) in [5, 5.41) is 10.2. The highest BCUT2D eigenvalue weighted by Crippen LogP contribution is 2.21. The van der Waals surface area contributed by atoms with Crippen molar-refractivity contribution in [2.45, 2.75) is 16.2 Å². The van der Waals surface area contributed by atoms with E-state index >= 15 is 0 Å². The van der Waals surface area contributed by atoms with Gasteiger partial charge in [0.2, 0.25) is 9.47 Å². The van der Waals surface area contributed by atoms with E-state index < -0.39 is 10.0 Å². The Kier molecular flexibility index (Phi) is 6.79. The molecule has 0 saturated heterocycles. The van der Waals surface area contributed by atoms with Crippen LogP contribution in [0.15, 0.2) is 63.8 Å². The second-order valence-corrected chi connectivity index (χ2v) is 9.84. The van der Waals surface area contributed by atoms with Gasteiger partial charge in [0.25, 0.3) is 15.9 Å². The molecule has 0 saturated carbocycles. The zero-order valence-corrected chi connectivity index (χ0v) is 17.4. The lowest BCUT2D eigenvalue weighted by Gasteiger charge is -2.04. The molecule has 0 aliphatic carbocycles. The van der Waals surface area contributed by atoms with Crippen LogP contribution in [0.25, 0.3) is 0 Å². The number of nitrogens with one attached hydrogen (secondary N) is 2. The lowest BCUT2D eigenvalue weighted by Crippen LogP contribution is -2.25. The molecule has 28 heavy (non-hydrogen) atoms. The Balaban J connectivity index is 1.55. The summed E-state index contributed by atoms with van der Waals surface area (Å²) < 4.78 is 27.0. The highest BCUT2D eigenvalue weighted by atomic mass is 32.2. The van der Waals surface area contributed by atoms with Crippen molar-refractivity contribution in [1.82, 2.24) is 14.9 Å². The predicted octanol–water partition coefficient (Wildman–Crippen LogP) is 3.17. The van der Waals surface area contributed by atoms with Gasteiger partial charge in [-0.15, -0.1) is 22.0 Å². The second-order valence-electron chi connectivity index (χ2n) is 5.76. The van der Waals surface area contributed by atoms with Crippen LogP contribution in [0, 0.1) is 6.92 Å². The topological polar surface area (TPSA) is 101 Å². The zero-order valence-electron chi connectivity index (χ0n) is 15.0. The molecule has 1 amide bonds. The van der Waals surface area contributed by atoms with Gasteiger partial charge >= 0.3 is 0 Å². The normalized spacial score (nSPS) is 11.3. The summed E-state index contributed by atoms with van der Waals surface area (Å²) in [5.74, 6) is 0.218. The van der Waals surface area contributed by atoms with E-state index in [1.165, 1.54) is 0 Å². The molecule has 0 fully saturated rings. The molecular formula is C18H18N4O3S3. The summed E-state index contributed by atoms with van der Waals surface area (Å²) >= 11 is 2.36. The van der Waals surface area contributed by atoms with E-state index in [4.69, 9.17) is 0 Å². The van der Waals surface area contributed by atoms with Gasteiger partial charge in [-0.2, -0.15) is 0 Å². The summed E-state index contributed by atoms with van der Waals surface area (Å²) in [4.78, 5) is 13.3. The van der Waals surface area contributed by atoms with Crippen LogP contribution in [0.5, 0.6) is 0 Å². The van der Waals surface area contributed by atoms with Crippen molar-refractivity contribution < 1.29 is 13.2 Å². The highest BCUT2D eigenvalue weighted by molar-refractivity contribution is 7.99. The van der Waals surface area contributed by atoms with Gasteiger partial charge in [-0.3, -0.25) is 10.1 Å². The standard InChI is InChI=1S/C18H18N4O3S3/c1-13-6-5-7-14(12-13)16(23)20-17-21-22-18(27-17)28(24,25)19-10-11-26-15-8-3-2-4-9-15/h2-9,12,19H,10-11H2,1H3,(H,20,21,23). The number of anilines is 1. The van der Waals surface area contributed by atoms with Crippen molar-refractivity contribution in [3.05, 3.63) is 65.7 Å². The van der Waals surface area contributed by atoms with Crippen molar-refractivity contribution in [1.29, 1.82) is 0 Å². The van der Waals surface area contributed by atoms with Gasteiger partial charge in [-0.05, 0) is 31.2 Å². The van der Waals surface area contributed by atoms with Crippen molar-refractivity contribution in [3.63, 3.8) is 0 Å². The van der Waals surface area contributed by atoms with E-state index in [0.29, 0.717) is 11.3 Å². The van der Waals surface area contributed by atoms with Crippen LogP contribution in [0.4, 0.5) is 5.13 Å². The Morgan fingerprint density at radius 1 is 1.11 bits per heavy atom. The van der Waals surface area contributed by atoms with Gasteiger partial charge in [0.05, 0.1) is 0 Å². The molecule has 10 heteroatoms. The molecule has 3 rings (SSSR count). The Morgan fingerprint density at radius 3 is 2.64 bits per heavy atom. The number of aryl methyl sites for hydroxylation is 1. The lowest BCUT2D eigenvalue weighted by atomic mass is 10.1. The van der Waals surface area contributed by atoms with E-state index in [9.17, 15) is 13.2 Å². The molecule has 0 bridgehead atoms. The van der Waals surface area contributed by atoms with Gasteiger partial charge in [0.1, 0.15) is 0 Å². The third-order valence-corrected chi connectivity index (χ3v) is 7.22. The number of rotatable bonds is 8.